The van der Waals surface area contributed by atoms with Crippen molar-refractivity contribution in [1.82, 2.24) is 0 Å². The zero-order valence-electron chi connectivity index (χ0n) is 11.9. The molecule has 0 amide bonds. The molecule has 1 aliphatic heterocycles. The first-order valence-electron chi connectivity index (χ1n) is 6.38. The summed E-state index contributed by atoms with van der Waals surface area (Å²) in [4.78, 5) is 0. The van der Waals surface area contributed by atoms with Gasteiger partial charge in [0.25, 0.3) is 0 Å². The molecule has 0 radical (unpaired) electrons. The van der Waals surface area contributed by atoms with Crippen LogP contribution in [0, 0.1) is 11.3 Å². The molecule has 1 aromatic carbocycles. The van der Waals surface area contributed by atoms with E-state index in [0.717, 1.165) is 11.0 Å². The molecule has 5 heteroatoms. The Hall–Kier alpha value is -1.51. The molecule has 0 bridgehead atoms. The van der Waals surface area contributed by atoms with Crippen LogP contribution in [0.5, 0.6) is 0 Å². The molecule has 1 fully saturated rings. The number of rotatable bonds is 2. The fourth-order valence-electron chi connectivity index (χ4n) is 2.06. The lowest BCUT2D eigenvalue weighted by Gasteiger charge is -2.32. The smallest absolute Gasteiger partial charge is 0.399 e. The zero-order valence-corrected chi connectivity index (χ0v) is 11.9. The number of anilines is 1. The predicted molar refractivity (Wildman–Crippen MR) is 75.9 cm³/mol. The van der Waals surface area contributed by atoms with E-state index in [9.17, 15) is 0 Å². The van der Waals surface area contributed by atoms with Gasteiger partial charge in [-0.05, 0) is 50.9 Å². The van der Waals surface area contributed by atoms with Gasteiger partial charge in [-0.3, -0.25) is 0 Å². The van der Waals surface area contributed by atoms with Gasteiger partial charge in [-0.25, -0.2) is 0 Å². The predicted octanol–water partition coefficient (Wildman–Crippen LogP) is 1.63. The van der Waals surface area contributed by atoms with Crippen LogP contribution in [0.3, 0.4) is 0 Å². The second kappa shape index (κ2) is 4.55. The highest BCUT2D eigenvalue weighted by atomic mass is 16.7. The van der Waals surface area contributed by atoms with E-state index < -0.39 is 7.12 Å². The fourth-order valence-corrected chi connectivity index (χ4v) is 2.06. The minimum Gasteiger partial charge on any atom is -0.399 e. The second-order valence-electron chi connectivity index (χ2n) is 5.88. The lowest BCUT2D eigenvalue weighted by molar-refractivity contribution is 0.00578. The molecule has 2 rings (SSSR count). The molecule has 1 aromatic rings. The van der Waals surface area contributed by atoms with E-state index in [-0.39, 0.29) is 11.2 Å². The molecule has 0 aliphatic carbocycles. The van der Waals surface area contributed by atoms with E-state index in [2.05, 4.69) is 6.07 Å². The average molecular weight is 258 g/mol. The second-order valence-corrected chi connectivity index (χ2v) is 5.88. The Bertz CT molecular complexity index is 519. The van der Waals surface area contributed by atoms with E-state index in [1.165, 1.54) is 0 Å². The monoisotopic (exact) mass is 258 g/mol. The highest BCUT2D eigenvalue weighted by Gasteiger charge is 2.52. The third kappa shape index (κ3) is 2.47. The normalized spacial score (nSPS) is 20.3. The number of nitrogens with two attached hydrogens (primary N) is 1. The Kier molecular flexibility index (Phi) is 3.33. The molecule has 100 valence electrons. The van der Waals surface area contributed by atoms with Crippen LogP contribution < -0.4 is 11.2 Å². The van der Waals surface area contributed by atoms with Crippen molar-refractivity contribution in [3.05, 3.63) is 23.8 Å². The van der Waals surface area contributed by atoms with Crippen molar-refractivity contribution in [2.45, 2.75) is 45.3 Å². The molecule has 1 heterocycles. The Morgan fingerprint density at radius 1 is 1.21 bits per heavy atom. The highest BCUT2D eigenvalue weighted by Crippen LogP contribution is 2.36. The van der Waals surface area contributed by atoms with Gasteiger partial charge >= 0.3 is 7.12 Å². The quantitative estimate of drug-likeness (QED) is 0.646. The molecule has 1 saturated heterocycles. The van der Waals surface area contributed by atoms with Gasteiger partial charge < -0.3 is 15.0 Å². The molecule has 4 nitrogen and oxygen atoms in total. The van der Waals surface area contributed by atoms with Crippen LogP contribution in [-0.4, -0.2) is 18.3 Å². The highest BCUT2D eigenvalue weighted by molar-refractivity contribution is 6.62. The van der Waals surface area contributed by atoms with Crippen molar-refractivity contribution in [3.63, 3.8) is 0 Å². The maximum atomic E-state index is 8.91. The van der Waals surface area contributed by atoms with Gasteiger partial charge in [0.1, 0.15) is 0 Å². The molecule has 2 N–H and O–H groups in total. The van der Waals surface area contributed by atoms with Crippen LogP contribution in [0.25, 0.3) is 0 Å². The molecular formula is C14H19BN2O2. The zero-order chi connectivity index (χ0) is 14.3. The molecule has 19 heavy (non-hydrogen) atoms. The maximum Gasteiger partial charge on any atom is 0.495 e. The van der Waals surface area contributed by atoms with Gasteiger partial charge in [0, 0.05) is 5.69 Å². The number of nitrogens with zero attached hydrogens (tertiary/aromatic N) is 1. The number of nitrogen functional groups attached to an aromatic ring is 1. The molecule has 0 saturated carbocycles. The SMILES string of the molecule is CC1(C)OB(c2ccc(N)cc2CC#N)OC1(C)C. The summed E-state index contributed by atoms with van der Waals surface area (Å²) in [6.45, 7) is 8.03. The van der Waals surface area contributed by atoms with Gasteiger partial charge in [-0.1, -0.05) is 6.07 Å². The Labute approximate surface area is 114 Å². The number of hydrogen-bond donors (Lipinski definition) is 1. The standard InChI is InChI=1S/C14H19BN2O2/c1-13(2)14(3,4)19-15(18-13)12-6-5-11(17)9-10(12)7-8-16/h5-6,9H,7,17H2,1-4H3. The van der Waals surface area contributed by atoms with Crippen LogP contribution in [0.4, 0.5) is 5.69 Å². The van der Waals surface area contributed by atoms with Crippen molar-refractivity contribution >= 4 is 18.3 Å². The van der Waals surface area contributed by atoms with Crippen LogP contribution >= 0.6 is 0 Å². The summed E-state index contributed by atoms with van der Waals surface area (Å²) in [6, 6.07) is 7.64. The van der Waals surface area contributed by atoms with Crippen molar-refractivity contribution < 1.29 is 9.31 Å². The van der Waals surface area contributed by atoms with E-state index in [1.807, 2.05) is 39.8 Å². The van der Waals surface area contributed by atoms with Crippen LogP contribution in [0.1, 0.15) is 33.3 Å². The summed E-state index contributed by atoms with van der Waals surface area (Å²) in [5.74, 6) is 0. The maximum absolute atomic E-state index is 8.91. The van der Waals surface area contributed by atoms with Gasteiger partial charge in [-0.2, -0.15) is 5.26 Å². The van der Waals surface area contributed by atoms with Gasteiger partial charge in [-0.15, -0.1) is 0 Å². The van der Waals surface area contributed by atoms with Crippen LogP contribution in [-0.2, 0) is 15.7 Å². The van der Waals surface area contributed by atoms with Crippen LogP contribution in [0.2, 0.25) is 0 Å². The minimum atomic E-state index is -0.450. The first kappa shape index (κ1) is 13.9. The molecular weight excluding hydrogens is 239 g/mol. The van der Waals surface area contributed by atoms with E-state index in [1.54, 1.807) is 6.07 Å². The van der Waals surface area contributed by atoms with Gasteiger partial charge in [0.05, 0.1) is 23.7 Å². The van der Waals surface area contributed by atoms with Crippen molar-refractivity contribution in [2.75, 3.05) is 5.73 Å². The van der Waals surface area contributed by atoms with Crippen molar-refractivity contribution in [2.24, 2.45) is 0 Å². The summed E-state index contributed by atoms with van der Waals surface area (Å²) >= 11 is 0. The largest absolute Gasteiger partial charge is 0.495 e. The lowest BCUT2D eigenvalue weighted by atomic mass is 9.75. The fraction of sp³-hybridized carbons (Fsp3) is 0.500. The molecule has 0 spiro atoms. The Morgan fingerprint density at radius 3 is 2.32 bits per heavy atom. The Balaban J connectivity index is 2.37. The molecule has 1 aliphatic rings. The van der Waals surface area contributed by atoms with Crippen molar-refractivity contribution in [1.29, 1.82) is 5.26 Å². The van der Waals surface area contributed by atoms with Crippen LogP contribution in [0.15, 0.2) is 18.2 Å². The third-order valence-corrected chi connectivity index (χ3v) is 3.94. The molecule has 0 atom stereocenters. The third-order valence-electron chi connectivity index (χ3n) is 3.94. The Morgan fingerprint density at radius 2 is 1.79 bits per heavy atom. The topological polar surface area (TPSA) is 68.3 Å². The average Bonchev–Trinajstić information content (AvgIpc) is 2.48. The first-order valence-corrected chi connectivity index (χ1v) is 6.38. The first-order chi connectivity index (χ1) is 8.77. The summed E-state index contributed by atoms with van der Waals surface area (Å²) in [6.07, 6.45) is 0.296. The van der Waals surface area contributed by atoms with E-state index >= 15 is 0 Å². The summed E-state index contributed by atoms with van der Waals surface area (Å²) in [7, 11) is -0.450. The van der Waals surface area contributed by atoms with E-state index in [4.69, 9.17) is 20.3 Å². The minimum absolute atomic E-state index is 0.296. The molecule has 0 unspecified atom stereocenters. The number of hydrogen-bond acceptors (Lipinski definition) is 4. The number of benzene rings is 1. The summed E-state index contributed by atoms with van der Waals surface area (Å²) < 4.78 is 12.0. The van der Waals surface area contributed by atoms with Gasteiger partial charge in [0.15, 0.2) is 0 Å². The van der Waals surface area contributed by atoms with Crippen molar-refractivity contribution in [3.8, 4) is 6.07 Å². The lowest BCUT2D eigenvalue weighted by Crippen LogP contribution is -2.41. The summed E-state index contributed by atoms with van der Waals surface area (Å²) in [5, 5.41) is 8.91. The number of nitriles is 1. The molecule has 0 aromatic heterocycles. The van der Waals surface area contributed by atoms with E-state index in [0.29, 0.717) is 12.1 Å². The summed E-state index contributed by atoms with van der Waals surface area (Å²) in [5.41, 5.74) is 7.39. The van der Waals surface area contributed by atoms with Gasteiger partial charge in [0.2, 0.25) is 0 Å².